The minimum Gasteiger partial charge on any atom is -0.398 e. The third kappa shape index (κ3) is 2.99. The van der Waals surface area contributed by atoms with Gasteiger partial charge in [0.25, 0.3) is 5.91 Å². The van der Waals surface area contributed by atoms with Crippen molar-refractivity contribution in [2.45, 2.75) is 20.8 Å². The monoisotopic (exact) mass is 220 g/mol. The maximum atomic E-state index is 12.1. The van der Waals surface area contributed by atoms with Crippen molar-refractivity contribution in [3.8, 4) is 0 Å². The number of anilines is 1. The molecule has 0 aromatic heterocycles. The average molecular weight is 220 g/mol. The Labute approximate surface area is 97.2 Å². The quantitative estimate of drug-likeness (QED) is 0.794. The molecule has 1 aromatic rings. The first-order valence-corrected chi connectivity index (χ1v) is 5.53. The van der Waals surface area contributed by atoms with E-state index in [2.05, 4.69) is 13.8 Å². The number of hydrogen-bond donors (Lipinski definition) is 1. The Hall–Kier alpha value is -1.51. The fourth-order valence-electron chi connectivity index (χ4n) is 1.69. The molecule has 0 saturated carbocycles. The zero-order chi connectivity index (χ0) is 12.3. The fraction of sp³-hybridized carbons (Fsp3) is 0.462. The first kappa shape index (κ1) is 12.6. The van der Waals surface area contributed by atoms with Gasteiger partial charge in [0.1, 0.15) is 0 Å². The second-order valence-electron chi connectivity index (χ2n) is 4.67. The molecule has 0 aliphatic carbocycles. The highest BCUT2D eigenvalue weighted by molar-refractivity contribution is 5.99. The van der Waals surface area contributed by atoms with Gasteiger partial charge in [0.2, 0.25) is 0 Å². The van der Waals surface area contributed by atoms with E-state index in [9.17, 15) is 4.79 Å². The molecule has 0 unspecified atom stereocenters. The Morgan fingerprint density at radius 3 is 2.62 bits per heavy atom. The van der Waals surface area contributed by atoms with E-state index in [0.717, 1.165) is 12.1 Å². The molecule has 2 N–H and O–H groups in total. The Bertz CT molecular complexity index is 386. The number of carbonyl (C=O) groups excluding carboxylic acids is 1. The van der Waals surface area contributed by atoms with Gasteiger partial charge in [0, 0.05) is 19.3 Å². The van der Waals surface area contributed by atoms with Crippen LogP contribution < -0.4 is 5.73 Å². The lowest BCUT2D eigenvalue weighted by molar-refractivity contribution is 0.0780. The van der Waals surface area contributed by atoms with Gasteiger partial charge >= 0.3 is 0 Å². The van der Waals surface area contributed by atoms with Crippen molar-refractivity contribution in [1.82, 2.24) is 4.90 Å². The Kier molecular flexibility index (Phi) is 3.93. The third-order valence-electron chi connectivity index (χ3n) is 2.42. The second kappa shape index (κ2) is 5.01. The molecule has 0 saturated heterocycles. The molecule has 0 spiro atoms. The number of amides is 1. The van der Waals surface area contributed by atoms with E-state index in [1.165, 1.54) is 0 Å². The number of carbonyl (C=O) groups is 1. The molecule has 3 heteroatoms. The zero-order valence-corrected chi connectivity index (χ0v) is 10.4. The van der Waals surface area contributed by atoms with E-state index in [4.69, 9.17) is 5.73 Å². The van der Waals surface area contributed by atoms with Gasteiger partial charge in [-0.25, -0.2) is 0 Å². The van der Waals surface area contributed by atoms with Crippen LogP contribution in [0.25, 0.3) is 0 Å². The lowest BCUT2D eigenvalue weighted by Crippen LogP contribution is -2.30. The highest BCUT2D eigenvalue weighted by Gasteiger charge is 2.15. The first-order chi connectivity index (χ1) is 7.41. The maximum Gasteiger partial charge on any atom is 0.255 e. The molecule has 0 fully saturated rings. The maximum absolute atomic E-state index is 12.1. The van der Waals surface area contributed by atoms with Crippen molar-refractivity contribution < 1.29 is 4.79 Å². The molecule has 0 heterocycles. The first-order valence-electron chi connectivity index (χ1n) is 5.53. The van der Waals surface area contributed by atoms with Gasteiger partial charge in [0.15, 0.2) is 0 Å². The topological polar surface area (TPSA) is 46.3 Å². The van der Waals surface area contributed by atoms with E-state index in [1.54, 1.807) is 11.0 Å². The standard InChI is InChI=1S/C13H20N2O/c1-9(2)8-15(4)13(16)11-7-10(3)5-6-12(11)14/h5-7,9H,8,14H2,1-4H3. The number of nitrogens with zero attached hydrogens (tertiary/aromatic N) is 1. The molecule has 16 heavy (non-hydrogen) atoms. The summed E-state index contributed by atoms with van der Waals surface area (Å²) in [7, 11) is 1.81. The molecule has 0 bridgehead atoms. The van der Waals surface area contributed by atoms with E-state index >= 15 is 0 Å². The second-order valence-corrected chi connectivity index (χ2v) is 4.67. The molecule has 3 nitrogen and oxygen atoms in total. The van der Waals surface area contributed by atoms with Crippen molar-refractivity contribution in [2.75, 3.05) is 19.3 Å². The van der Waals surface area contributed by atoms with Crippen LogP contribution in [0.3, 0.4) is 0 Å². The summed E-state index contributed by atoms with van der Waals surface area (Å²) >= 11 is 0. The lowest BCUT2D eigenvalue weighted by atomic mass is 10.1. The van der Waals surface area contributed by atoms with Crippen LogP contribution in [0.5, 0.6) is 0 Å². The van der Waals surface area contributed by atoms with Crippen LogP contribution in [-0.4, -0.2) is 24.4 Å². The molecule has 88 valence electrons. The largest absolute Gasteiger partial charge is 0.398 e. The summed E-state index contributed by atoms with van der Waals surface area (Å²) in [5, 5.41) is 0. The van der Waals surface area contributed by atoms with Crippen LogP contribution in [0.15, 0.2) is 18.2 Å². The molecule has 0 aliphatic heterocycles. The Morgan fingerprint density at radius 2 is 2.06 bits per heavy atom. The van der Waals surface area contributed by atoms with Crippen LogP contribution in [-0.2, 0) is 0 Å². The van der Waals surface area contributed by atoms with Gasteiger partial charge in [-0.3, -0.25) is 4.79 Å². The van der Waals surface area contributed by atoms with E-state index in [0.29, 0.717) is 17.2 Å². The molecule has 0 atom stereocenters. The minimum atomic E-state index is -0.00472. The van der Waals surface area contributed by atoms with Crippen molar-refractivity contribution >= 4 is 11.6 Å². The average Bonchev–Trinajstić information content (AvgIpc) is 2.19. The van der Waals surface area contributed by atoms with Gasteiger partial charge in [-0.2, -0.15) is 0 Å². The highest BCUT2D eigenvalue weighted by Crippen LogP contribution is 2.16. The van der Waals surface area contributed by atoms with Gasteiger partial charge < -0.3 is 10.6 Å². The van der Waals surface area contributed by atoms with E-state index in [-0.39, 0.29) is 5.91 Å². The predicted molar refractivity (Wildman–Crippen MR) is 67.4 cm³/mol. The summed E-state index contributed by atoms with van der Waals surface area (Å²) in [5.41, 5.74) is 8.01. The molecular weight excluding hydrogens is 200 g/mol. The molecule has 1 amide bonds. The van der Waals surface area contributed by atoms with Crippen LogP contribution in [0.2, 0.25) is 0 Å². The normalized spacial score (nSPS) is 10.6. The summed E-state index contributed by atoms with van der Waals surface area (Å²) in [5.74, 6) is 0.454. The number of aryl methyl sites for hydroxylation is 1. The summed E-state index contributed by atoms with van der Waals surface area (Å²) in [6, 6.07) is 5.54. The SMILES string of the molecule is Cc1ccc(N)c(C(=O)N(C)CC(C)C)c1. The summed E-state index contributed by atoms with van der Waals surface area (Å²) in [4.78, 5) is 13.8. The zero-order valence-electron chi connectivity index (χ0n) is 10.4. The smallest absolute Gasteiger partial charge is 0.255 e. The van der Waals surface area contributed by atoms with Crippen molar-refractivity contribution in [3.05, 3.63) is 29.3 Å². The van der Waals surface area contributed by atoms with Gasteiger partial charge in [-0.1, -0.05) is 25.5 Å². The predicted octanol–water partition coefficient (Wildman–Crippen LogP) is 2.31. The Balaban J connectivity index is 2.91. The number of hydrogen-bond acceptors (Lipinski definition) is 2. The summed E-state index contributed by atoms with van der Waals surface area (Å²) in [6.07, 6.45) is 0. The number of nitrogens with two attached hydrogens (primary N) is 1. The molecule has 1 aromatic carbocycles. The molecule has 1 rings (SSSR count). The van der Waals surface area contributed by atoms with Crippen molar-refractivity contribution in [2.24, 2.45) is 5.92 Å². The minimum absolute atomic E-state index is 0.00472. The van der Waals surface area contributed by atoms with Crippen LogP contribution >= 0.6 is 0 Å². The van der Waals surface area contributed by atoms with Gasteiger partial charge in [0.05, 0.1) is 5.56 Å². The van der Waals surface area contributed by atoms with Crippen molar-refractivity contribution in [1.29, 1.82) is 0 Å². The van der Waals surface area contributed by atoms with Gasteiger partial charge in [-0.15, -0.1) is 0 Å². The van der Waals surface area contributed by atoms with Crippen molar-refractivity contribution in [3.63, 3.8) is 0 Å². The Morgan fingerprint density at radius 1 is 1.44 bits per heavy atom. The molecular formula is C13H20N2O. The van der Waals surface area contributed by atoms with Crippen LogP contribution in [0, 0.1) is 12.8 Å². The van der Waals surface area contributed by atoms with Crippen LogP contribution in [0.1, 0.15) is 29.8 Å². The van der Waals surface area contributed by atoms with E-state index < -0.39 is 0 Å². The highest BCUT2D eigenvalue weighted by atomic mass is 16.2. The van der Waals surface area contributed by atoms with Gasteiger partial charge in [-0.05, 0) is 25.0 Å². The summed E-state index contributed by atoms with van der Waals surface area (Å²) in [6.45, 7) is 6.87. The number of rotatable bonds is 3. The molecule has 0 aliphatic rings. The molecule has 0 radical (unpaired) electrons. The van der Waals surface area contributed by atoms with Crippen LogP contribution in [0.4, 0.5) is 5.69 Å². The fourth-order valence-corrected chi connectivity index (χ4v) is 1.69. The third-order valence-corrected chi connectivity index (χ3v) is 2.42. The number of benzene rings is 1. The van der Waals surface area contributed by atoms with E-state index in [1.807, 2.05) is 26.1 Å². The number of nitrogen functional groups attached to an aromatic ring is 1. The summed E-state index contributed by atoms with van der Waals surface area (Å²) < 4.78 is 0. The lowest BCUT2D eigenvalue weighted by Gasteiger charge is -2.20.